The number of rotatable bonds is 7. The largest absolute Gasteiger partial charge is 0.505 e. The van der Waals surface area contributed by atoms with Crippen LogP contribution in [0.1, 0.15) is 37.4 Å². The van der Waals surface area contributed by atoms with Crippen molar-refractivity contribution in [2.45, 2.75) is 32.3 Å². The van der Waals surface area contributed by atoms with E-state index >= 15 is 0 Å². The third-order valence-corrected chi connectivity index (χ3v) is 8.43. The highest BCUT2D eigenvalue weighted by Crippen LogP contribution is 2.50. The summed E-state index contributed by atoms with van der Waals surface area (Å²) in [5.74, 6) is -3.21. The maximum absolute atomic E-state index is 14.0. The second kappa shape index (κ2) is 10.9. The lowest BCUT2D eigenvalue weighted by Gasteiger charge is -2.30. The van der Waals surface area contributed by atoms with E-state index in [9.17, 15) is 29.2 Å². The van der Waals surface area contributed by atoms with E-state index in [1.54, 1.807) is 18.3 Å². The van der Waals surface area contributed by atoms with E-state index in [1.807, 2.05) is 31.2 Å². The van der Waals surface area contributed by atoms with Crippen molar-refractivity contribution in [2.24, 2.45) is 17.8 Å². The second-order valence-corrected chi connectivity index (χ2v) is 10.9. The summed E-state index contributed by atoms with van der Waals surface area (Å²) >= 11 is 0. The zero-order valence-corrected chi connectivity index (χ0v) is 22.8. The van der Waals surface area contributed by atoms with Gasteiger partial charge in [-0.25, -0.2) is 9.29 Å². The monoisotopic (exact) mass is 569 g/mol. The number of non-ortho nitro benzene ring substituents is 1. The Hall–Kier alpha value is -4.70. The SMILES string of the molecule is CC1=C2[C@@H](CC/C(=C/c3ccc(O)c(F)c3)c3ccccn3)OC[C@@H]2[C@@H]2C(=O)N(c3cccc([N+](=O)[O-])c3)C(=O)[C@@H]2C1. The lowest BCUT2D eigenvalue weighted by atomic mass is 9.70. The van der Waals surface area contributed by atoms with Crippen LogP contribution in [-0.2, 0) is 14.3 Å². The molecule has 3 heterocycles. The quantitative estimate of drug-likeness (QED) is 0.168. The van der Waals surface area contributed by atoms with Crippen LogP contribution in [0.3, 0.4) is 0 Å². The Morgan fingerprint density at radius 3 is 2.71 bits per heavy atom. The van der Waals surface area contributed by atoms with Gasteiger partial charge in [0, 0.05) is 24.2 Å². The number of nitro benzene ring substituents is 1. The lowest BCUT2D eigenvalue weighted by molar-refractivity contribution is -0.384. The van der Waals surface area contributed by atoms with E-state index in [-0.39, 0.29) is 35.2 Å². The molecule has 3 aliphatic rings. The summed E-state index contributed by atoms with van der Waals surface area (Å²) in [5, 5.41) is 20.9. The van der Waals surface area contributed by atoms with Gasteiger partial charge in [-0.3, -0.25) is 24.7 Å². The predicted molar refractivity (Wildman–Crippen MR) is 153 cm³/mol. The number of carbonyl (C=O) groups is 2. The number of carbonyl (C=O) groups excluding carboxylic acids is 2. The van der Waals surface area contributed by atoms with Gasteiger partial charge in [-0.1, -0.05) is 23.8 Å². The first-order chi connectivity index (χ1) is 20.2. The number of fused-ring (bicyclic) bond motifs is 3. The van der Waals surface area contributed by atoms with Crippen LogP contribution in [0, 0.1) is 33.7 Å². The molecule has 4 atom stereocenters. The molecular formula is C32H28FN3O6. The van der Waals surface area contributed by atoms with Crippen LogP contribution in [0.4, 0.5) is 15.8 Å². The first-order valence-corrected chi connectivity index (χ1v) is 13.8. The molecule has 0 unspecified atom stereocenters. The van der Waals surface area contributed by atoms with Gasteiger partial charge in [0.15, 0.2) is 11.6 Å². The number of allylic oxidation sites excluding steroid dienone is 2. The standard InChI is InChI=1S/C32H28FN3O6/c1-18-13-23-30(32(39)35(31(23)38)21-5-4-6-22(16-21)36(40)41)24-17-42-28(29(18)24)11-9-20(26-7-2-3-12-34-26)14-19-8-10-27(37)25(33)15-19/h2-8,10,12,14-16,23-24,28,30,37H,9,11,13,17H2,1H3/b20-14-/t23-,24+,28-,30-/m1/s1. The average Bonchev–Trinajstić information content (AvgIpc) is 3.52. The molecule has 2 saturated heterocycles. The van der Waals surface area contributed by atoms with Gasteiger partial charge in [0.25, 0.3) is 5.69 Å². The fourth-order valence-corrected chi connectivity index (χ4v) is 6.56. The molecule has 6 rings (SSSR count). The average molecular weight is 570 g/mol. The number of nitrogens with zero attached hydrogens (tertiary/aromatic N) is 3. The lowest BCUT2D eigenvalue weighted by Crippen LogP contribution is -2.34. The molecule has 0 spiro atoms. The maximum Gasteiger partial charge on any atom is 0.271 e. The number of amides is 2. The number of aromatic nitrogens is 1. The van der Waals surface area contributed by atoms with Crippen LogP contribution in [0.25, 0.3) is 11.6 Å². The number of imide groups is 1. The summed E-state index contributed by atoms with van der Waals surface area (Å²) in [4.78, 5) is 43.5. The molecule has 42 heavy (non-hydrogen) atoms. The molecule has 0 saturated carbocycles. The highest BCUT2D eigenvalue weighted by molar-refractivity contribution is 6.22. The number of phenols is 1. The van der Waals surface area contributed by atoms with Crippen LogP contribution in [0.15, 0.2) is 78.0 Å². The first kappa shape index (κ1) is 27.5. The summed E-state index contributed by atoms with van der Waals surface area (Å²) in [6, 6.07) is 15.4. The van der Waals surface area contributed by atoms with Crippen molar-refractivity contribution < 1.29 is 28.7 Å². The number of hydrogen-bond acceptors (Lipinski definition) is 7. The minimum atomic E-state index is -0.710. The molecular weight excluding hydrogens is 541 g/mol. The first-order valence-electron chi connectivity index (χ1n) is 13.8. The van der Waals surface area contributed by atoms with Crippen molar-refractivity contribution in [2.75, 3.05) is 11.5 Å². The Balaban J connectivity index is 1.25. The van der Waals surface area contributed by atoms with E-state index < -0.39 is 28.3 Å². The maximum atomic E-state index is 14.0. The summed E-state index contributed by atoms with van der Waals surface area (Å²) in [7, 11) is 0. The normalized spacial score (nSPS) is 23.8. The number of pyridine rings is 1. The van der Waals surface area contributed by atoms with Crippen molar-refractivity contribution in [3.8, 4) is 5.75 Å². The fraction of sp³-hybridized carbons (Fsp3) is 0.281. The van der Waals surface area contributed by atoms with E-state index in [0.717, 1.165) is 27.3 Å². The van der Waals surface area contributed by atoms with E-state index in [2.05, 4.69) is 4.98 Å². The number of ether oxygens (including phenoxy) is 1. The molecule has 0 bridgehead atoms. The number of hydrogen-bond donors (Lipinski definition) is 1. The number of benzene rings is 2. The Labute approximate surface area is 241 Å². The van der Waals surface area contributed by atoms with Crippen molar-refractivity contribution in [3.63, 3.8) is 0 Å². The zero-order valence-electron chi connectivity index (χ0n) is 22.8. The second-order valence-electron chi connectivity index (χ2n) is 10.9. The zero-order chi connectivity index (χ0) is 29.5. The molecule has 10 heteroatoms. The van der Waals surface area contributed by atoms with Crippen LogP contribution in [0.5, 0.6) is 5.75 Å². The van der Waals surface area contributed by atoms with Crippen molar-refractivity contribution in [3.05, 3.63) is 105 Å². The molecule has 1 aromatic heterocycles. The number of phenolic OH excluding ortho intramolecular Hbond substituents is 1. The van der Waals surface area contributed by atoms with Gasteiger partial charge in [0.1, 0.15) is 0 Å². The highest BCUT2D eigenvalue weighted by Gasteiger charge is 2.57. The molecule has 0 radical (unpaired) electrons. The van der Waals surface area contributed by atoms with E-state index in [4.69, 9.17) is 4.74 Å². The smallest absolute Gasteiger partial charge is 0.271 e. The van der Waals surface area contributed by atoms with Crippen LogP contribution >= 0.6 is 0 Å². The number of aromatic hydroxyl groups is 1. The summed E-state index contributed by atoms with van der Waals surface area (Å²) < 4.78 is 20.3. The minimum Gasteiger partial charge on any atom is -0.505 e. The molecule has 2 fully saturated rings. The van der Waals surface area contributed by atoms with Gasteiger partial charge >= 0.3 is 0 Å². The Kier molecular flexibility index (Phi) is 7.16. The summed E-state index contributed by atoms with van der Waals surface area (Å²) in [6.45, 7) is 2.27. The van der Waals surface area contributed by atoms with Crippen molar-refractivity contribution >= 4 is 34.8 Å². The molecule has 2 aliphatic heterocycles. The highest BCUT2D eigenvalue weighted by atomic mass is 19.1. The Bertz CT molecular complexity index is 1650. The van der Waals surface area contributed by atoms with Gasteiger partial charge in [-0.15, -0.1) is 0 Å². The Morgan fingerprint density at radius 2 is 1.98 bits per heavy atom. The third-order valence-electron chi connectivity index (χ3n) is 8.43. The molecule has 2 aromatic carbocycles. The molecule has 1 aliphatic carbocycles. The number of nitro groups is 1. The molecule has 214 valence electrons. The fourth-order valence-electron chi connectivity index (χ4n) is 6.56. The molecule has 3 aromatic rings. The van der Waals surface area contributed by atoms with Crippen molar-refractivity contribution in [1.29, 1.82) is 0 Å². The minimum absolute atomic E-state index is 0.186. The number of halogens is 1. The van der Waals surface area contributed by atoms with E-state index in [1.165, 1.54) is 30.3 Å². The van der Waals surface area contributed by atoms with Gasteiger partial charge in [0.2, 0.25) is 11.8 Å². The van der Waals surface area contributed by atoms with Crippen LogP contribution in [-0.4, -0.2) is 39.5 Å². The van der Waals surface area contributed by atoms with Crippen LogP contribution in [0.2, 0.25) is 0 Å². The molecule has 1 N–H and O–H groups in total. The van der Waals surface area contributed by atoms with E-state index in [0.29, 0.717) is 31.4 Å². The Morgan fingerprint density at radius 1 is 1.14 bits per heavy atom. The summed E-state index contributed by atoms with van der Waals surface area (Å²) in [5.41, 5.74) is 4.27. The van der Waals surface area contributed by atoms with Gasteiger partial charge in [-0.2, -0.15) is 0 Å². The molecule has 9 nitrogen and oxygen atoms in total. The summed E-state index contributed by atoms with van der Waals surface area (Å²) in [6.07, 6.45) is 4.81. The van der Waals surface area contributed by atoms with Crippen LogP contribution < -0.4 is 4.90 Å². The molecule has 2 amide bonds. The van der Waals surface area contributed by atoms with Crippen molar-refractivity contribution in [1.82, 2.24) is 4.98 Å². The van der Waals surface area contributed by atoms with Gasteiger partial charge in [0.05, 0.1) is 40.9 Å². The van der Waals surface area contributed by atoms with Gasteiger partial charge < -0.3 is 9.84 Å². The van der Waals surface area contributed by atoms with Gasteiger partial charge in [-0.05, 0) is 79.3 Å². The topological polar surface area (TPSA) is 123 Å². The predicted octanol–water partition coefficient (Wildman–Crippen LogP) is 5.70. The third kappa shape index (κ3) is 4.87. The number of anilines is 1.